The van der Waals surface area contributed by atoms with Gasteiger partial charge in [0.2, 0.25) is 0 Å². The Morgan fingerprint density at radius 2 is 1.34 bits per heavy atom. The number of ether oxygens (including phenoxy) is 5. The van der Waals surface area contributed by atoms with Gasteiger partial charge in [0.25, 0.3) is 0 Å². The highest BCUT2D eigenvalue weighted by Crippen LogP contribution is 2.57. The SMILES string of the molecule is COC(=O)C(C[C@H]1[C@H](c2ccc(OC)cc2)c2ccsc2[C@H]1C(C(=O)OC)C(=O)OC)C(=O)OC. The lowest BCUT2D eigenvalue weighted by atomic mass is 9.73. The van der Waals surface area contributed by atoms with Crippen molar-refractivity contribution >= 4 is 35.2 Å². The summed E-state index contributed by atoms with van der Waals surface area (Å²) in [7, 11) is 6.34. The van der Waals surface area contributed by atoms with Gasteiger partial charge in [0.15, 0.2) is 11.8 Å². The molecule has 1 aromatic heterocycles. The van der Waals surface area contributed by atoms with E-state index in [4.69, 9.17) is 23.7 Å². The Kier molecular flexibility index (Phi) is 8.50. The molecule has 3 rings (SSSR count). The van der Waals surface area contributed by atoms with E-state index in [-0.39, 0.29) is 12.3 Å². The molecule has 0 bridgehead atoms. The minimum Gasteiger partial charge on any atom is -0.497 e. The fourth-order valence-corrected chi connectivity index (χ4v) is 6.06. The molecule has 1 aliphatic carbocycles. The molecule has 1 aromatic carbocycles. The van der Waals surface area contributed by atoms with Crippen molar-refractivity contribution in [3.63, 3.8) is 0 Å². The van der Waals surface area contributed by atoms with Crippen molar-refractivity contribution in [1.82, 2.24) is 0 Å². The van der Waals surface area contributed by atoms with E-state index in [1.165, 1.54) is 39.8 Å². The first-order chi connectivity index (χ1) is 16.8. The average molecular weight is 505 g/mol. The summed E-state index contributed by atoms with van der Waals surface area (Å²) in [6.07, 6.45) is -0.0212. The molecule has 1 aliphatic rings. The second-order valence-electron chi connectivity index (χ2n) is 8.04. The molecular weight excluding hydrogens is 476 g/mol. The Bertz CT molecular complexity index is 1040. The molecule has 2 aromatic rings. The van der Waals surface area contributed by atoms with E-state index in [2.05, 4.69) is 0 Å². The van der Waals surface area contributed by atoms with E-state index in [0.29, 0.717) is 5.75 Å². The van der Waals surface area contributed by atoms with Crippen LogP contribution < -0.4 is 4.74 Å². The Labute approximate surface area is 207 Å². The quantitative estimate of drug-likeness (QED) is 0.289. The normalized spacial score (nSPS) is 18.7. The highest BCUT2D eigenvalue weighted by molar-refractivity contribution is 7.10. The highest BCUT2D eigenvalue weighted by atomic mass is 32.1. The Balaban J connectivity index is 2.19. The van der Waals surface area contributed by atoms with Gasteiger partial charge in [0.05, 0.1) is 35.5 Å². The molecule has 35 heavy (non-hydrogen) atoms. The third-order valence-electron chi connectivity index (χ3n) is 6.48. The first-order valence-corrected chi connectivity index (χ1v) is 11.7. The van der Waals surface area contributed by atoms with Crippen LogP contribution in [0.25, 0.3) is 0 Å². The fourth-order valence-electron chi connectivity index (χ4n) is 4.90. The lowest BCUT2D eigenvalue weighted by molar-refractivity contribution is -0.160. The number of hydrogen-bond acceptors (Lipinski definition) is 10. The summed E-state index contributed by atoms with van der Waals surface area (Å²) in [5.74, 6) is -6.46. The van der Waals surface area contributed by atoms with Gasteiger partial charge in [-0.25, -0.2) is 0 Å². The number of thiophene rings is 1. The van der Waals surface area contributed by atoms with Gasteiger partial charge in [-0.3, -0.25) is 19.2 Å². The highest BCUT2D eigenvalue weighted by Gasteiger charge is 2.53. The number of methoxy groups -OCH3 is 5. The van der Waals surface area contributed by atoms with Gasteiger partial charge in [-0.2, -0.15) is 0 Å². The monoisotopic (exact) mass is 504 g/mol. The van der Waals surface area contributed by atoms with Crippen LogP contribution in [0.3, 0.4) is 0 Å². The van der Waals surface area contributed by atoms with E-state index in [1.54, 1.807) is 7.11 Å². The molecule has 0 saturated carbocycles. The number of rotatable bonds is 9. The molecule has 3 atom stereocenters. The molecule has 0 spiro atoms. The van der Waals surface area contributed by atoms with Crippen molar-refractivity contribution in [1.29, 1.82) is 0 Å². The minimum atomic E-state index is -1.29. The molecule has 0 N–H and O–H groups in total. The largest absolute Gasteiger partial charge is 0.497 e. The summed E-state index contributed by atoms with van der Waals surface area (Å²) < 4.78 is 25.0. The lowest BCUT2D eigenvalue weighted by Gasteiger charge is -2.31. The topological polar surface area (TPSA) is 114 Å². The number of fused-ring (bicyclic) bond motifs is 1. The van der Waals surface area contributed by atoms with Crippen LogP contribution in [-0.4, -0.2) is 59.4 Å². The van der Waals surface area contributed by atoms with Crippen LogP contribution in [0, 0.1) is 17.8 Å². The van der Waals surface area contributed by atoms with Crippen LogP contribution in [0.15, 0.2) is 35.7 Å². The smallest absolute Gasteiger partial charge is 0.320 e. The first-order valence-electron chi connectivity index (χ1n) is 10.8. The lowest BCUT2D eigenvalue weighted by Crippen LogP contribution is -2.37. The van der Waals surface area contributed by atoms with Gasteiger partial charge in [-0.05, 0) is 47.0 Å². The van der Waals surface area contributed by atoms with Crippen molar-refractivity contribution in [3.8, 4) is 5.75 Å². The average Bonchev–Trinajstić information content (AvgIpc) is 3.47. The van der Waals surface area contributed by atoms with Crippen LogP contribution in [0.4, 0.5) is 0 Å². The third-order valence-corrected chi connectivity index (χ3v) is 7.51. The summed E-state index contributed by atoms with van der Waals surface area (Å²) in [4.78, 5) is 51.6. The predicted molar refractivity (Wildman–Crippen MR) is 125 cm³/mol. The van der Waals surface area contributed by atoms with Gasteiger partial charge < -0.3 is 23.7 Å². The maximum atomic E-state index is 12.9. The van der Waals surface area contributed by atoms with Crippen molar-refractivity contribution in [2.24, 2.45) is 17.8 Å². The molecule has 0 radical (unpaired) electrons. The summed E-state index contributed by atoms with van der Waals surface area (Å²) in [6.45, 7) is 0. The van der Waals surface area contributed by atoms with E-state index in [1.807, 2.05) is 35.7 Å². The van der Waals surface area contributed by atoms with Crippen molar-refractivity contribution < 1.29 is 42.9 Å². The number of benzene rings is 1. The van der Waals surface area contributed by atoms with Gasteiger partial charge in [-0.15, -0.1) is 11.3 Å². The predicted octanol–water partition coefficient (Wildman–Crippen LogP) is 2.92. The van der Waals surface area contributed by atoms with Gasteiger partial charge in [0, 0.05) is 16.7 Å². The van der Waals surface area contributed by atoms with Crippen LogP contribution >= 0.6 is 11.3 Å². The summed E-state index contributed by atoms with van der Waals surface area (Å²) in [5, 5.41) is 1.88. The fraction of sp³-hybridized carbons (Fsp3) is 0.440. The third kappa shape index (κ3) is 5.02. The molecule has 0 fully saturated rings. The zero-order valence-electron chi connectivity index (χ0n) is 20.1. The van der Waals surface area contributed by atoms with Gasteiger partial charge in [0.1, 0.15) is 5.75 Å². The van der Waals surface area contributed by atoms with Crippen LogP contribution in [-0.2, 0) is 38.1 Å². The first kappa shape index (κ1) is 26.2. The standard InChI is InChI=1S/C25H28O9S/c1-30-14-8-6-13(7-9-14)18-15-10-11-35-21(15)19(20(24(28)33-4)25(29)34-5)16(18)12-17(22(26)31-2)23(27)32-3/h6-11,16-20H,12H2,1-5H3/t16-,18+,19+/m0/s1. The number of hydrogen-bond donors (Lipinski definition) is 0. The molecular formula is C25H28O9S. The Morgan fingerprint density at radius 1 is 0.800 bits per heavy atom. The Hall–Kier alpha value is -3.40. The van der Waals surface area contributed by atoms with Crippen LogP contribution in [0.5, 0.6) is 5.75 Å². The van der Waals surface area contributed by atoms with E-state index < -0.39 is 47.5 Å². The maximum Gasteiger partial charge on any atom is 0.320 e. The number of esters is 4. The molecule has 0 aliphatic heterocycles. The van der Waals surface area contributed by atoms with E-state index >= 15 is 0 Å². The van der Waals surface area contributed by atoms with E-state index in [9.17, 15) is 19.2 Å². The summed E-state index contributed by atoms with van der Waals surface area (Å²) >= 11 is 1.40. The van der Waals surface area contributed by atoms with Gasteiger partial charge >= 0.3 is 23.9 Å². The molecule has 0 saturated heterocycles. The molecule has 0 amide bonds. The van der Waals surface area contributed by atoms with Crippen LogP contribution in [0.1, 0.15) is 34.3 Å². The molecule has 0 unspecified atom stereocenters. The van der Waals surface area contributed by atoms with Crippen LogP contribution in [0.2, 0.25) is 0 Å². The zero-order chi connectivity index (χ0) is 25.7. The molecule has 188 valence electrons. The second kappa shape index (κ2) is 11.4. The Morgan fingerprint density at radius 3 is 1.83 bits per heavy atom. The minimum absolute atomic E-state index is 0.0212. The maximum absolute atomic E-state index is 12.9. The van der Waals surface area contributed by atoms with E-state index in [0.717, 1.165) is 16.0 Å². The van der Waals surface area contributed by atoms with Crippen molar-refractivity contribution in [2.75, 3.05) is 35.5 Å². The zero-order valence-corrected chi connectivity index (χ0v) is 21.0. The summed E-state index contributed by atoms with van der Waals surface area (Å²) in [5.41, 5.74) is 1.78. The second-order valence-corrected chi connectivity index (χ2v) is 8.99. The molecule has 1 heterocycles. The number of carbonyl (C=O) groups excluding carboxylic acids is 4. The summed E-state index contributed by atoms with van der Waals surface area (Å²) in [6, 6.07) is 9.32. The van der Waals surface area contributed by atoms with Crippen molar-refractivity contribution in [3.05, 3.63) is 51.7 Å². The molecule has 9 nitrogen and oxygen atoms in total. The van der Waals surface area contributed by atoms with Crippen molar-refractivity contribution in [2.45, 2.75) is 18.3 Å². The number of carbonyl (C=O) groups is 4. The molecule has 10 heteroatoms. The van der Waals surface area contributed by atoms with Gasteiger partial charge in [-0.1, -0.05) is 12.1 Å².